The van der Waals surface area contributed by atoms with Crippen LogP contribution in [-0.4, -0.2) is 48.7 Å². The molecule has 0 spiro atoms. The number of piperazine rings is 1. The van der Waals surface area contributed by atoms with E-state index in [0.29, 0.717) is 35.1 Å². The quantitative estimate of drug-likeness (QED) is 0.500. The van der Waals surface area contributed by atoms with Gasteiger partial charge in [-0.25, -0.2) is 9.97 Å². The summed E-state index contributed by atoms with van der Waals surface area (Å²) in [6, 6.07) is 17.4. The van der Waals surface area contributed by atoms with Crippen LogP contribution in [0.5, 0.6) is 0 Å². The monoisotopic (exact) mass is 463 g/mol. The molecule has 0 radical (unpaired) electrons. The normalized spacial score (nSPS) is 14.9. The zero-order valence-corrected chi connectivity index (χ0v) is 19.5. The fourth-order valence-electron chi connectivity index (χ4n) is 3.84. The third kappa shape index (κ3) is 5.18. The average Bonchev–Trinajstić information content (AvgIpc) is 2.83. The Bertz CT molecular complexity index is 1180. The van der Waals surface area contributed by atoms with Crippen molar-refractivity contribution in [3.63, 3.8) is 0 Å². The highest BCUT2D eigenvalue weighted by Crippen LogP contribution is 2.30. The Morgan fingerprint density at radius 2 is 1.73 bits per heavy atom. The molecule has 170 valence electrons. The molecule has 33 heavy (non-hydrogen) atoms. The van der Waals surface area contributed by atoms with Crippen molar-refractivity contribution in [3.8, 4) is 6.07 Å². The highest BCUT2D eigenvalue weighted by molar-refractivity contribution is 6.30. The minimum absolute atomic E-state index is 0.176. The third-order valence-electron chi connectivity index (χ3n) is 5.53. The maximum atomic E-state index is 12.8. The van der Waals surface area contributed by atoms with Gasteiger partial charge in [0, 0.05) is 36.9 Å². The maximum Gasteiger partial charge on any atom is 0.329 e. The van der Waals surface area contributed by atoms with Gasteiger partial charge in [-0.1, -0.05) is 43.6 Å². The molecule has 0 amide bonds. The van der Waals surface area contributed by atoms with Crippen LogP contribution in [-0.2, 0) is 9.53 Å². The number of esters is 1. The van der Waals surface area contributed by atoms with E-state index in [0.717, 1.165) is 24.3 Å². The molecule has 2 heterocycles. The van der Waals surface area contributed by atoms with Crippen LogP contribution in [0.3, 0.4) is 0 Å². The number of aromatic nitrogens is 2. The molecule has 3 aromatic rings. The number of hydrogen-bond acceptors (Lipinski definition) is 7. The molecule has 0 aliphatic carbocycles. The van der Waals surface area contributed by atoms with Gasteiger partial charge in [0.25, 0.3) is 0 Å². The lowest BCUT2D eigenvalue weighted by Crippen LogP contribution is -2.47. The van der Waals surface area contributed by atoms with Crippen LogP contribution >= 0.6 is 11.6 Å². The second kappa shape index (κ2) is 10.1. The predicted octanol–water partition coefficient (Wildman–Crippen LogP) is 4.42. The summed E-state index contributed by atoms with van der Waals surface area (Å²) in [6.07, 6.45) is 0. The largest absolute Gasteiger partial charge is 0.464 e. The summed E-state index contributed by atoms with van der Waals surface area (Å²) in [5.41, 5.74) is 2.78. The van der Waals surface area contributed by atoms with Gasteiger partial charge in [-0.2, -0.15) is 5.26 Å². The average molecular weight is 464 g/mol. The molecule has 0 N–H and O–H groups in total. The summed E-state index contributed by atoms with van der Waals surface area (Å²) < 4.78 is 5.38. The van der Waals surface area contributed by atoms with Crippen molar-refractivity contribution in [1.29, 1.82) is 5.26 Å². The predicted molar refractivity (Wildman–Crippen MR) is 130 cm³/mol. The molecule has 1 atom stereocenters. The van der Waals surface area contributed by atoms with Crippen LogP contribution < -0.4 is 9.80 Å². The second-order valence-corrected chi connectivity index (χ2v) is 8.90. The number of halogens is 1. The first kappa shape index (κ1) is 22.8. The van der Waals surface area contributed by atoms with Crippen LogP contribution in [0.15, 0.2) is 48.5 Å². The number of fused-ring (bicyclic) bond motifs is 1. The summed E-state index contributed by atoms with van der Waals surface area (Å²) in [5, 5.41) is 10.6. The van der Waals surface area contributed by atoms with Crippen molar-refractivity contribution < 1.29 is 9.53 Å². The lowest BCUT2D eigenvalue weighted by molar-refractivity contribution is -0.145. The number of hydrogen-bond donors (Lipinski definition) is 0. The first-order valence-electron chi connectivity index (χ1n) is 11.0. The maximum absolute atomic E-state index is 12.8. The SMILES string of the molecule is CC(C)COC(=O)C(C#N)c1nc2ccccc2nc1N1CCN(c2cccc(Cl)c2)CC1. The van der Waals surface area contributed by atoms with E-state index in [4.69, 9.17) is 26.3 Å². The van der Waals surface area contributed by atoms with Gasteiger partial charge in [0.1, 0.15) is 5.69 Å². The summed E-state index contributed by atoms with van der Waals surface area (Å²) in [6.45, 7) is 7.01. The molecule has 0 bridgehead atoms. The summed E-state index contributed by atoms with van der Waals surface area (Å²) in [7, 11) is 0. The molecule has 1 aromatic heterocycles. The summed E-state index contributed by atoms with van der Waals surface area (Å²) in [5.74, 6) is -0.987. The number of para-hydroxylation sites is 2. The van der Waals surface area contributed by atoms with Gasteiger partial charge in [-0.15, -0.1) is 0 Å². The number of ether oxygens (including phenoxy) is 1. The van der Waals surface area contributed by atoms with Gasteiger partial charge in [0.2, 0.25) is 0 Å². The fraction of sp³-hybridized carbons (Fsp3) is 0.360. The summed E-state index contributed by atoms with van der Waals surface area (Å²) >= 11 is 6.16. The highest BCUT2D eigenvalue weighted by atomic mass is 35.5. The van der Waals surface area contributed by atoms with E-state index in [2.05, 4.69) is 15.9 Å². The zero-order valence-electron chi connectivity index (χ0n) is 18.7. The van der Waals surface area contributed by atoms with E-state index in [9.17, 15) is 10.1 Å². The van der Waals surface area contributed by atoms with Gasteiger partial charge in [0.05, 0.1) is 23.7 Å². The van der Waals surface area contributed by atoms with Crippen LogP contribution in [0.1, 0.15) is 25.5 Å². The van der Waals surface area contributed by atoms with E-state index < -0.39 is 11.9 Å². The van der Waals surface area contributed by atoms with E-state index in [1.807, 2.05) is 62.4 Å². The number of carbonyl (C=O) groups is 1. The number of rotatable bonds is 6. The number of nitriles is 1. The van der Waals surface area contributed by atoms with Crippen LogP contribution in [0, 0.1) is 17.2 Å². The number of anilines is 2. The minimum atomic E-state index is -1.14. The van der Waals surface area contributed by atoms with E-state index in [1.165, 1.54) is 0 Å². The van der Waals surface area contributed by atoms with E-state index in [-0.39, 0.29) is 12.5 Å². The highest BCUT2D eigenvalue weighted by Gasteiger charge is 2.31. The van der Waals surface area contributed by atoms with Crippen LogP contribution in [0.4, 0.5) is 11.5 Å². The van der Waals surface area contributed by atoms with Crippen molar-refractivity contribution >= 4 is 40.1 Å². The van der Waals surface area contributed by atoms with E-state index >= 15 is 0 Å². The Morgan fingerprint density at radius 3 is 2.36 bits per heavy atom. The molecule has 4 rings (SSSR count). The zero-order chi connectivity index (χ0) is 23.4. The molecular weight excluding hydrogens is 438 g/mol. The van der Waals surface area contributed by atoms with Crippen molar-refractivity contribution in [2.24, 2.45) is 5.92 Å². The van der Waals surface area contributed by atoms with Gasteiger partial charge in [0.15, 0.2) is 11.7 Å². The first-order chi connectivity index (χ1) is 16.0. The smallest absolute Gasteiger partial charge is 0.329 e. The molecule has 1 unspecified atom stereocenters. The van der Waals surface area contributed by atoms with E-state index in [1.54, 1.807) is 0 Å². The second-order valence-electron chi connectivity index (χ2n) is 8.46. The standard InChI is InChI=1S/C25H26ClN5O2/c1-17(2)16-33-25(32)20(15-27)23-24(29-22-9-4-3-8-21(22)28-23)31-12-10-30(11-13-31)19-7-5-6-18(26)14-19/h3-9,14,17,20H,10-13,16H2,1-2H3. The molecule has 1 saturated heterocycles. The Labute approximate surface area is 198 Å². The lowest BCUT2D eigenvalue weighted by atomic mass is 10.1. The third-order valence-corrected chi connectivity index (χ3v) is 5.76. The Morgan fingerprint density at radius 1 is 1.06 bits per heavy atom. The number of nitrogens with zero attached hydrogens (tertiary/aromatic N) is 5. The van der Waals surface area contributed by atoms with Crippen LogP contribution in [0.2, 0.25) is 5.02 Å². The van der Waals surface area contributed by atoms with Crippen molar-refractivity contribution in [2.75, 3.05) is 42.6 Å². The molecular formula is C25H26ClN5O2. The number of carbonyl (C=O) groups excluding carboxylic acids is 1. The molecule has 1 fully saturated rings. The summed E-state index contributed by atoms with van der Waals surface area (Å²) in [4.78, 5) is 26.6. The minimum Gasteiger partial charge on any atom is -0.464 e. The van der Waals surface area contributed by atoms with Crippen molar-refractivity contribution in [3.05, 3.63) is 59.2 Å². The first-order valence-corrected chi connectivity index (χ1v) is 11.4. The Kier molecular flexibility index (Phi) is 6.95. The van der Waals surface area contributed by atoms with Crippen molar-refractivity contribution in [2.45, 2.75) is 19.8 Å². The topological polar surface area (TPSA) is 82.3 Å². The number of benzene rings is 2. The van der Waals surface area contributed by atoms with Crippen LogP contribution in [0.25, 0.3) is 11.0 Å². The molecule has 1 aliphatic heterocycles. The fourth-order valence-corrected chi connectivity index (χ4v) is 4.02. The molecule has 2 aromatic carbocycles. The molecule has 0 saturated carbocycles. The Balaban J connectivity index is 1.64. The molecule has 7 nitrogen and oxygen atoms in total. The Hall–Kier alpha value is -3.37. The lowest BCUT2D eigenvalue weighted by Gasteiger charge is -2.37. The van der Waals surface area contributed by atoms with Crippen molar-refractivity contribution in [1.82, 2.24) is 9.97 Å². The van der Waals surface area contributed by atoms with Gasteiger partial charge < -0.3 is 14.5 Å². The van der Waals surface area contributed by atoms with Gasteiger partial charge in [-0.3, -0.25) is 4.79 Å². The van der Waals surface area contributed by atoms with Gasteiger partial charge >= 0.3 is 5.97 Å². The molecule has 1 aliphatic rings. The molecule has 8 heteroatoms. The van der Waals surface area contributed by atoms with Gasteiger partial charge in [-0.05, 0) is 36.2 Å².